The Balaban J connectivity index is 2.75. The molecule has 2 aromatic rings. The molecule has 0 amide bonds. The van der Waals surface area contributed by atoms with Crippen molar-refractivity contribution in [2.24, 2.45) is 0 Å². The van der Waals surface area contributed by atoms with E-state index in [-0.39, 0.29) is 29.7 Å². The molecule has 0 fully saturated rings. The zero-order valence-electron chi connectivity index (χ0n) is 15.2. The summed E-state index contributed by atoms with van der Waals surface area (Å²) in [6.07, 6.45) is 1.33. The number of rotatable bonds is 6. The summed E-state index contributed by atoms with van der Waals surface area (Å²) in [5, 5.41) is 9.25. The molecule has 0 bridgehead atoms. The summed E-state index contributed by atoms with van der Waals surface area (Å²) in [5.74, 6) is -4.02. The second kappa shape index (κ2) is 8.45. The molecule has 1 aromatic carbocycles. The monoisotopic (exact) mass is 374 g/mol. The third kappa shape index (κ3) is 3.82. The number of nitriles is 1. The maximum atomic E-state index is 14.6. The van der Waals surface area contributed by atoms with E-state index in [0.29, 0.717) is 12.1 Å². The first-order chi connectivity index (χ1) is 12.9. The van der Waals surface area contributed by atoms with Gasteiger partial charge in [-0.25, -0.2) is 9.18 Å². The Morgan fingerprint density at radius 2 is 1.89 bits per heavy atom. The van der Waals surface area contributed by atoms with Gasteiger partial charge in [0.05, 0.1) is 24.8 Å². The van der Waals surface area contributed by atoms with Gasteiger partial charge in [-0.3, -0.25) is 9.59 Å². The largest absolute Gasteiger partial charge is 0.465 e. The van der Waals surface area contributed by atoms with Gasteiger partial charge >= 0.3 is 11.9 Å². The lowest BCUT2D eigenvalue weighted by Crippen LogP contribution is -2.22. The summed E-state index contributed by atoms with van der Waals surface area (Å²) in [5.41, 5.74) is -0.769. The van der Waals surface area contributed by atoms with Crippen molar-refractivity contribution < 1.29 is 23.5 Å². The Bertz CT molecular complexity index is 990. The molecule has 0 radical (unpaired) electrons. The van der Waals surface area contributed by atoms with Crippen LogP contribution in [0.4, 0.5) is 4.39 Å². The van der Waals surface area contributed by atoms with Crippen LogP contribution >= 0.6 is 0 Å². The van der Waals surface area contributed by atoms with Crippen molar-refractivity contribution in [1.82, 2.24) is 4.57 Å². The summed E-state index contributed by atoms with van der Waals surface area (Å²) in [4.78, 5) is 36.6. The molecule has 0 N–H and O–H groups in total. The number of benzene rings is 1. The highest BCUT2D eigenvalue weighted by molar-refractivity contribution is 5.94. The maximum absolute atomic E-state index is 14.6. The van der Waals surface area contributed by atoms with Crippen LogP contribution in [0.1, 0.15) is 42.6 Å². The van der Waals surface area contributed by atoms with E-state index < -0.39 is 29.1 Å². The highest BCUT2D eigenvalue weighted by atomic mass is 19.1. The molecule has 0 aliphatic heterocycles. The molecule has 0 saturated carbocycles. The third-order valence-corrected chi connectivity index (χ3v) is 4.00. The highest BCUT2D eigenvalue weighted by Crippen LogP contribution is 2.25. The molecule has 7 nitrogen and oxygen atoms in total. The summed E-state index contributed by atoms with van der Waals surface area (Å²) in [7, 11) is 0. The normalized spacial score (nSPS) is 11.7. The number of pyridine rings is 1. The lowest BCUT2D eigenvalue weighted by molar-refractivity contribution is -0.143. The van der Waals surface area contributed by atoms with Crippen molar-refractivity contribution in [3.63, 3.8) is 0 Å². The van der Waals surface area contributed by atoms with Gasteiger partial charge in [-0.15, -0.1) is 0 Å². The van der Waals surface area contributed by atoms with Crippen LogP contribution in [0.2, 0.25) is 0 Å². The Morgan fingerprint density at radius 1 is 1.22 bits per heavy atom. The topological polar surface area (TPSA) is 98.4 Å². The molecule has 2 rings (SSSR count). The highest BCUT2D eigenvalue weighted by Gasteiger charge is 2.27. The molecule has 142 valence electrons. The number of halogens is 1. The molecule has 1 heterocycles. The molecule has 1 aromatic heterocycles. The lowest BCUT2D eigenvalue weighted by Gasteiger charge is -2.15. The number of carbonyl (C=O) groups excluding carboxylic acids is 2. The van der Waals surface area contributed by atoms with Crippen LogP contribution < -0.4 is 5.43 Å². The summed E-state index contributed by atoms with van der Waals surface area (Å²) < 4.78 is 25.9. The van der Waals surface area contributed by atoms with Gasteiger partial charge in [0, 0.05) is 23.7 Å². The van der Waals surface area contributed by atoms with Crippen molar-refractivity contribution >= 4 is 22.8 Å². The van der Waals surface area contributed by atoms with E-state index in [1.54, 1.807) is 31.4 Å². The molecule has 27 heavy (non-hydrogen) atoms. The second-order valence-electron chi connectivity index (χ2n) is 5.58. The number of aryl methyl sites for hydroxylation is 1. The third-order valence-electron chi connectivity index (χ3n) is 4.00. The van der Waals surface area contributed by atoms with Gasteiger partial charge in [-0.2, -0.15) is 5.26 Å². The van der Waals surface area contributed by atoms with E-state index in [0.717, 1.165) is 6.07 Å². The van der Waals surface area contributed by atoms with E-state index >= 15 is 0 Å². The second-order valence-corrected chi connectivity index (χ2v) is 5.58. The number of nitrogens with zero attached hydrogens (tertiary/aromatic N) is 2. The molecule has 0 aliphatic carbocycles. The molecule has 8 heteroatoms. The number of ether oxygens (including phenoxy) is 2. The van der Waals surface area contributed by atoms with Gasteiger partial charge in [0.1, 0.15) is 11.4 Å². The number of hydrogen-bond acceptors (Lipinski definition) is 6. The minimum atomic E-state index is -1.46. The zero-order valence-corrected chi connectivity index (χ0v) is 15.2. The molecule has 1 unspecified atom stereocenters. The van der Waals surface area contributed by atoms with Crippen LogP contribution in [-0.4, -0.2) is 29.7 Å². The van der Waals surface area contributed by atoms with Crippen LogP contribution in [0, 0.1) is 17.1 Å². The van der Waals surface area contributed by atoms with E-state index in [4.69, 9.17) is 9.47 Å². The molecule has 1 atom stereocenters. The number of carbonyl (C=O) groups is 2. The predicted molar refractivity (Wildman–Crippen MR) is 94.8 cm³/mol. The number of fused-ring (bicyclic) bond motifs is 1. The van der Waals surface area contributed by atoms with Crippen LogP contribution in [0.5, 0.6) is 0 Å². The first-order valence-corrected chi connectivity index (χ1v) is 8.49. The van der Waals surface area contributed by atoms with Gasteiger partial charge in [0.2, 0.25) is 5.43 Å². The summed E-state index contributed by atoms with van der Waals surface area (Å²) in [6, 6.07) is 3.94. The minimum Gasteiger partial charge on any atom is -0.465 e. The summed E-state index contributed by atoms with van der Waals surface area (Å²) >= 11 is 0. The number of aromatic nitrogens is 1. The molecular formula is C19H19FN2O5. The van der Waals surface area contributed by atoms with E-state index in [1.165, 1.54) is 12.3 Å². The van der Waals surface area contributed by atoms with Gasteiger partial charge < -0.3 is 14.0 Å². The van der Waals surface area contributed by atoms with Gasteiger partial charge in [0.15, 0.2) is 5.92 Å². The van der Waals surface area contributed by atoms with Crippen LogP contribution in [-0.2, 0) is 20.8 Å². The quantitative estimate of drug-likeness (QED) is 0.721. The van der Waals surface area contributed by atoms with Gasteiger partial charge in [0.25, 0.3) is 0 Å². The van der Waals surface area contributed by atoms with Crippen molar-refractivity contribution in [1.29, 1.82) is 5.26 Å². The fourth-order valence-electron chi connectivity index (χ4n) is 2.74. The lowest BCUT2D eigenvalue weighted by atomic mass is 9.97. The van der Waals surface area contributed by atoms with E-state index in [1.807, 2.05) is 0 Å². The van der Waals surface area contributed by atoms with E-state index in [2.05, 4.69) is 0 Å². The van der Waals surface area contributed by atoms with Gasteiger partial charge in [-0.05, 0) is 32.9 Å². The molecule has 0 spiro atoms. The van der Waals surface area contributed by atoms with Crippen molar-refractivity contribution in [3.05, 3.63) is 45.5 Å². The first kappa shape index (κ1) is 20.1. The Labute approximate surface area is 154 Å². The Morgan fingerprint density at radius 3 is 2.44 bits per heavy atom. The minimum absolute atomic E-state index is 0.0378. The Kier molecular flexibility index (Phi) is 6.29. The number of hydrogen-bond donors (Lipinski definition) is 0. The molecule has 0 saturated heterocycles. The summed E-state index contributed by atoms with van der Waals surface area (Å²) in [6.45, 7) is 5.48. The average Bonchev–Trinajstić information content (AvgIpc) is 2.64. The van der Waals surface area contributed by atoms with Crippen LogP contribution in [0.15, 0.2) is 23.1 Å². The van der Waals surface area contributed by atoms with Crippen molar-refractivity contribution in [2.45, 2.75) is 33.2 Å². The Hall–Kier alpha value is -3.21. The van der Waals surface area contributed by atoms with E-state index in [9.17, 15) is 24.0 Å². The number of esters is 2. The zero-order chi connectivity index (χ0) is 20.1. The van der Waals surface area contributed by atoms with Gasteiger partial charge in [-0.1, -0.05) is 0 Å². The SMILES string of the molecule is CCOC(=O)c1cn(CC)c2cc(C(C#N)C(=O)OCC)c(F)cc2c1=O. The molecule has 0 aliphatic rings. The van der Waals surface area contributed by atoms with Crippen LogP contribution in [0.3, 0.4) is 0 Å². The molecular weight excluding hydrogens is 355 g/mol. The average molecular weight is 374 g/mol. The first-order valence-electron chi connectivity index (χ1n) is 8.49. The predicted octanol–water partition coefficient (Wildman–Crippen LogP) is 2.51. The van der Waals surface area contributed by atoms with Crippen molar-refractivity contribution in [3.8, 4) is 6.07 Å². The fraction of sp³-hybridized carbons (Fsp3) is 0.368. The maximum Gasteiger partial charge on any atom is 0.343 e. The van der Waals surface area contributed by atoms with Crippen LogP contribution in [0.25, 0.3) is 10.9 Å². The van der Waals surface area contributed by atoms with Crippen molar-refractivity contribution in [2.75, 3.05) is 13.2 Å². The fourth-order valence-corrected chi connectivity index (χ4v) is 2.74. The smallest absolute Gasteiger partial charge is 0.343 e. The standard InChI is InChI=1S/C19H19FN2O5/c1-4-22-10-14(19(25)27-6-3)17(23)12-7-15(20)11(8-16(12)22)13(9-21)18(24)26-5-2/h7-8,10,13H,4-6H2,1-3H3.